The molecule has 0 saturated carbocycles. The highest BCUT2D eigenvalue weighted by atomic mass is 16.5. The van der Waals surface area contributed by atoms with Crippen LogP contribution in [0.5, 0.6) is 0 Å². The molecule has 0 aliphatic heterocycles. The van der Waals surface area contributed by atoms with Gasteiger partial charge in [0, 0.05) is 18.8 Å². The van der Waals surface area contributed by atoms with Crippen molar-refractivity contribution in [2.75, 3.05) is 19.0 Å². The molecule has 1 unspecified atom stereocenters. The topological polar surface area (TPSA) is 21.3 Å². The Morgan fingerprint density at radius 1 is 1.18 bits per heavy atom. The van der Waals surface area contributed by atoms with Crippen molar-refractivity contribution in [3.05, 3.63) is 29.8 Å². The monoisotopic (exact) mass is 235 g/mol. The van der Waals surface area contributed by atoms with Crippen LogP contribution in [0.4, 0.5) is 5.69 Å². The maximum atomic E-state index is 5.14. The third-order valence-corrected chi connectivity index (χ3v) is 2.82. The molecule has 0 aliphatic carbocycles. The molecule has 0 aromatic heterocycles. The number of anilines is 1. The van der Waals surface area contributed by atoms with E-state index in [2.05, 4.69) is 50.4 Å². The fourth-order valence-corrected chi connectivity index (χ4v) is 2.12. The number of para-hydroxylation sites is 1. The Morgan fingerprint density at radius 2 is 1.88 bits per heavy atom. The molecule has 2 nitrogen and oxygen atoms in total. The van der Waals surface area contributed by atoms with E-state index in [0.29, 0.717) is 6.04 Å². The molecule has 17 heavy (non-hydrogen) atoms. The summed E-state index contributed by atoms with van der Waals surface area (Å²) in [6.07, 6.45) is 2.16. The molecule has 2 heteroatoms. The summed E-state index contributed by atoms with van der Waals surface area (Å²) in [7, 11) is 1.75. The lowest BCUT2D eigenvalue weighted by Crippen LogP contribution is -2.18. The van der Waals surface area contributed by atoms with Crippen LogP contribution in [-0.4, -0.2) is 19.8 Å². The molecule has 1 N–H and O–H groups in total. The summed E-state index contributed by atoms with van der Waals surface area (Å²) >= 11 is 0. The van der Waals surface area contributed by atoms with Crippen molar-refractivity contribution in [2.45, 2.75) is 39.7 Å². The number of ether oxygens (including phenoxy) is 1. The van der Waals surface area contributed by atoms with E-state index in [-0.39, 0.29) is 0 Å². The quantitative estimate of drug-likeness (QED) is 0.777. The Balaban J connectivity index is 2.62. The van der Waals surface area contributed by atoms with Crippen LogP contribution >= 0.6 is 0 Å². The Hall–Kier alpha value is -1.02. The van der Waals surface area contributed by atoms with E-state index in [1.54, 1.807) is 7.11 Å². The molecule has 1 atom stereocenters. The first-order valence-corrected chi connectivity index (χ1v) is 6.47. The van der Waals surface area contributed by atoms with Crippen molar-refractivity contribution in [3.63, 3.8) is 0 Å². The predicted molar refractivity (Wildman–Crippen MR) is 74.6 cm³/mol. The fraction of sp³-hybridized carbons (Fsp3) is 0.600. The zero-order chi connectivity index (χ0) is 12.7. The molecule has 0 saturated heterocycles. The Morgan fingerprint density at radius 3 is 2.53 bits per heavy atom. The second-order valence-electron chi connectivity index (χ2n) is 5.07. The SMILES string of the molecule is COCCc1ccccc1NC(C)CC(C)C. The van der Waals surface area contributed by atoms with Crippen LogP contribution in [0.2, 0.25) is 0 Å². The number of hydrogen-bond acceptors (Lipinski definition) is 2. The molecule has 1 aromatic rings. The smallest absolute Gasteiger partial charge is 0.0503 e. The van der Waals surface area contributed by atoms with Gasteiger partial charge in [-0.05, 0) is 37.3 Å². The van der Waals surface area contributed by atoms with Gasteiger partial charge in [-0.3, -0.25) is 0 Å². The number of rotatable bonds is 7. The Labute approximate surface area is 105 Å². The third-order valence-electron chi connectivity index (χ3n) is 2.82. The fourth-order valence-electron chi connectivity index (χ4n) is 2.12. The van der Waals surface area contributed by atoms with Gasteiger partial charge in [-0.15, -0.1) is 0 Å². The van der Waals surface area contributed by atoms with Crippen molar-refractivity contribution in [1.82, 2.24) is 0 Å². The Kier molecular flexibility index (Phi) is 6.06. The summed E-state index contributed by atoms with van der Waals surface area (Å²) in [5.74, 6) is 0.726. The van der Waals surface area contributed by atoms with E-state index in [9.17, 15) is 0 Å². The summed E-state index contributed by atoms with van der Waals surface area (Å²) < 4.78 is 5.14. The normalized spacial score (nSPS) is 12.8. The van der Waals surface area contributed by atoms with Crippen LogP contribution in [0.3, 0.4) is 0 Å². The van der Waals surface area contributed by atoms with Gasteiger partial charge < -0.3 is 10.1 Å². The first kappa shape index (κ1) is 14.0. The average molecular weight is 235 g/mol. The van der Waals surface area contributed by atoms with E-state index < -0.39 is 0 Å². The first-order valence-electron chi connectivity index (χ1n) is 6.47. The number of benzene rings is 1. The lowest BCUT2D eigenvalue weighted by Gasteiger charge is -2.19. The van der Waals surface area contributed by atoms with Gasteiger partial charge in [0.2, 0.25) is 0 Å². The summed E-state index contributed by atoms with van der Waals surface area (Å²) in [5.41, 5.74) is 2.59. The first-order chi connectivity index (χ1) is 8.13. The second kappa shape index (κ2) is 7.33. The highest BCUT2D eigenvalue weighted by Crippen LogP contribution is 2.18. The molecular formula is C15H25NO. The zero-order valence-corrected chi connectivity index (χ0v) is 11.5. The predicted octanol–water partition coefficient (Wildman–Crippen LogP) is 3.72. The number of nitrogens with one attached hydrogen (secondary N) is 1. The maximum absolute atomic E-state index is 5.14. The van der Waals surface area contributed by atoms with E-state index in [0.717, 1.165) is 18.9 Å². The molecule has 0 radical (unpaired) electrons. The van der Waals surface area contributed by atoms with Gasteiger partial charge in [0.15, 0.2) is 0 Å². The molecular weight excluding hydrogens is 210 g/mol. The highest BCUT2D eigenvalue weighted by Gasteiger charge is 2.07. The van der Waals surface area contributed by atoms with Crippen molar-refractivity contribution < 1.29 is 4.74 Å². The molecule has 0 spiro atoms. The number of methoxy groups -OCH3 is 1. The van der Waals surface area contributed by atoms with Crippen LogP contribution in [0.15, 0.2) is 24.3 Å². The molecule has 1 rings (SSSR count). The standard InChI is InChI=1S/C15H25NO/c1-12(2)11-13(3)16-15-8-6-5-7-14(15)9-10-17-4/h5-8,12-13,16H,9-11H2,1-4H3. The molecule has 0 fully saturated rings. The largest absolute Gasteiger partial charge is 0.384 e. The van der Waals surface area contributed by atoms with Gasteiger partial charge in [0.05, 0.1) is 6.61 Å². The third kappa shape index (κ3) is 5.22. The summed E-state index contributed by atoms with van der Waals surface area (Å²) in [5, 5.41) is 3.60. The van der Waals surface area contributed by atoms with E-state index in [1.165, 1.54) is 17.7 Å². The van der Waals surface area contributed by atoms with Gasteiger partial charge in [-0.1, -0.05) is 32.0 Å². The molecule has 0 amide bonds. The lowest BCUT2D eigenvalue weighted by molar-refractivity contribution is 0.202. The highest BCUT2D eigenvalue weighted by molar-refractivity contribution is 5.51. The van der Waals surface area contributed by atoms with E-state index >= 15 is 0 Å². The van der Waals surface area contributed by atoms with Crippen molar-refractivity contribution in [3.8, 4) is 0 Å². The van der Waals surface area contributed by atoms with Gasteiger partial charge in [0.25, 0.3) is 0 Å². The van der Waals surface area contributed by atoms with Crippen LogP contribution < -0.4 is 5.32 Å². The number of hydrogen-bond donors (Lipinski definition) is 1. The van der Waals surface area contributed by atoms with Gasteiger partial charge in [0.1, 0.15) is 0 Å². The van der Waals surface area contributed by atoms with Gasteiger partial charge >= 0.3 is 0 Å². The summed E-state index contributed by atoms with van der Waals surface area (Å²) in [6.45, 7) is 7.54. The van der Waals surface area contributed by atoms with Gasteiger partial charge in [-0.2, -0.15) is 0 Å². The summed E-state index contributed by atoms with van der Waals surface area (Å²) in [4.78, 5) is 0. The molecule has 0 bridgehead atoms. The molecule has 96 valence electrons. The maximum Gasteiger partial charge on any atom is 0.0503 e. The second-order valence-corrected chi connectivity index (χ2v) is 5.07. The van der Waals surface area contributed by atoms with Crippen LogP contribution in [0.25, 0.3) is 0 Å². The molecule has 0 heterocycles. The Bertz CT molecular complexity index is 322. The van der Waals surface area contributed by atoms with Gasteiger partial charge in [-0.25, -0.2) is 0 Å². The molecule has 0 aliphatic rings. The lowest BCUT2D eigenvalue weighted by atomic mass is 10.0. The van der Waals surface area contributed by atoms with E-state index in [1.807, 2.05) is 0 Å². The van der Waals surface area contributed by atoms with Crippen molar-refractivity contribution in [1.29, 1.82) is 0 Å². The van der Waals surface area contributed by atoms with Crippen LogP contribution in [0, 0.1) is 5.92 Å². The zero-order valence-electron chi connectivity index (χ0n) is 11.5. The average Bonchev–Trinajstić information content (AvgIpc) is 2.26. The minimum absolute atomic E-state index is 0.513. The minimum atomic E-state index is 0.513. The summed E-state index contributed by atoms with van der Waals surface area (Å²) in [6, 6.07) is 9.01. The van der Waals surface area contributed by atoms with E-state index in [4.69, 9.17) is 4.74 Å². The van der Waals surface area contributed by atoms with Crippen molar-refractivity contribution >= 4 is 5.69 Å². The van der Waals surface area contributed by atoms with Crippen molar-refractivity contribution in [2.24, 2.45) is 5.92 Å². The van der Waals surface area contributed by atoms with Crippen LogP contribution in [-0.2, 0) is 11.2 Å². The minimum Gasteiger partial charge on any atom is -0.384 e. The molecule has 1 aromatic carbocycles. The van der Waals surface area contributed by atoms with Crippen LogP contribution in [0.1, 0.15) is 32.8 Å².